The Hall–Kier alpha value is -3.22. The first-order valence-electron chi connectivity index (χ1n) is 9.58. The molecule has 1 aliphatic heterocycles. The number of aromatic amines is 1. The van der Waals surface area contributed by atoms with Gasteiger partial charge in [-0.25, -0.2) is 0 Å². The highest BCUT2D eigenvalue weighted by Crippen LogP contribution is 2.45. The molecule has 5 rings (SSSR count). The molecule has 3 aromatic carbocycles. The van der Waals surface area contributed by atoms with E-state index in [1.54, 1.807) is 24.3 Å². The minimum absolute atomic E-state index is 0.0710. The van der Waals surface area contributed by atoms with Crippen molar-refractivity contribution in [2.45, 2.75) is 5.92 Å². The Kier molecular flexibility index (Phi) is 4.96. The minimum Gasteiger partial charge on any atom is -0.454 e. The normalized spacial score (nSPS) is 13.5. The van der Waals surface area contributed by atoms with Gasteiger partial charge in [0.05, 0.1) is 16.6 Å². The largest absolute Gasteiger partial charge is 0.454 e. The minimum atomic E-state index is -0.566. The number of rotatable bonds is 5. The highest BCUT2D eigenvalue weighted by atomic mass is 35.5. The van der Waals surface area contributed by atoms with Gasteiger partial charge >= 0.3 is 0 Å². The van der Waals surface area contributed by atoms with Crippen LogP contribution in [-0.4, -0.2) is 23.2 Å². The molecule has 0 fully saturated rings. The Morgan fingerprint density at radius 1 is 1.06 bits per heavy atom. The molecule has 0 amide bonds. The first-order valence-corrected chi connectivity index (χ1v) is 10.3. The summed E-state index contributed by atoms with van der Waals surface area (Å²) in [6, 6.07) is 18.6. The Morgan fingerprint density at radius 2 is 1.84 bits per heavy atom. The number of para-hydroxylation sites is 1. The van der Waals surface area contributed by atoms with Crippen molar-refractivity contribution in [3.8, 4) is 22.8 Å². The maximum atomic E-state index is 11.7. The molecule has 2 heterocycles. The second-order valence-electron chi connectivity index (χ2n) is 7.27. The smallest absolute Gasteiger partial charge is 0.231 e. The van der Waals surface area contributed by atoms with Crippen LogP contribution in [0.3, 0.4) is 0 Å². The molecule has 156 valence electrons. The molecule has 1 N–H and O–H groups in total. The Labute approximate surface area is 187 Å². The number of nitro groups is 1. The van der Waals surface area contributed by atoms with Crippen LogP contribution >= 0.6 is 23.2 Å². The molecule has 1 unspecified atom stereocenters. The zero-order chi connectivity index (χ0) is 21.5. The van der Waals surface area contributed by atoms with Crippen LogP contribution in [-0.2, 0) is 0 Å². The van der Waals surface area contributed by atoms with Gasteiger partial charge in [-0.2, -0.15) is 0 Å². The van der Waals surface area contributed by atoms with Gasteiger partial charge in [-0.15, -0.1) is 0 Å². The maximum absolute atomic E-state index is 11.7. The van der Waals surface area contributed by atoms with Crippen LogP contribution in [0.15, 0.2) is 60.7 Å². The number of fused-ring (bicyclic) bond motifs is 2. The molecule has 0 saturated heterocycles. The number of aromatic nitrogens is 1. The summed E-state index contributed by atoms with van der Waals surface area (Å²) in [6.45, 7) is -0.236. The van der Waals surface area contributed by atoms with Crippen LogP contribution in [0.4, 0.5) is 0 Å². The molecule has 31 heavy (non-hydrogen) atoms. The number of hydrogen-bond acceptors (Lipinski definition) is 4. The zero-order valence-corrected chi connectivity index (χ0v) is 17.6. The highest BCUT2D eigenvalue weighted by molar-refractivity contribution is 6.32. The molecular weight excluding hydrogens is 439 g/mol. The van der Waals surface area contributed by atoms with E-state index in [4.69, 9.17) is 32.7 Å². The molecule has 0 spiro atoms. The topological polar surface area (TPSA) is 77.4 Å². The Balaban J connectivity index is 1.76. The molecule has 1 aromatic heterocycles. The number of H-pyrrole nitrogens is 1. The summed E-state index contributed by atoms with van der Waals surface area (Å²) >= 11 is 12.5. The quantitative estimate of drug-likeness (QED) is 0.284. The van der Waals surface area contributed by atoms with Crippen LogP contribution < -0.4 is 9.47 Å². The fourth-order valence-electron chi connectivity index (χ4n) is 4.07. The molecule has 4 aromatic rings. The first kappa shape index (κ1) is 19.7. The van der Waals surface area contributed by atoms with E-state index < -0.39 is 5.92 Å². The SMILES string of the molecule is O=[N+]([O-])CC(c1cc(Cl)c2c(c1)OCO2)c1c(-c2ccc(Cl)cc2)[nH]c2ccccc12. The van der Waals surface area contributed by atoms with Gasteiger partial charge in [-0.3, -0.25) is 10.1 Å². The van der Waals surface area contributed by atoms with Gasteiger partial charge in [-0.1, -0.05) is 53.5 Å². The molecule has 0 bridgehead atoms. The summed E-state index contributed by atoms with van der Waals surface area (Å²) in [5.41, 5.74) is 4.09. The molecule has 0 aliphatic carbocycles. The third kappa shape index (κ3) is 3.58. The summed E-state index contributed by atoms with van der Waals surface area (Å²) in [6.07, 6.45) is 0. The van der Waals surface area contributed by atoms with Crippen molar-refractivity contribution < 1.29 is 14.4 Å². The molecular formula is C23H16Cl2N2O4. The second kappa shape index (κ2) is 7.80. The Morgan fingerprint density at radius 3 is 2.61 bits per heavy atom. The van der Waals surface area contributed by atoms with E-state index in [-0.39, 0.29) is 18.3 Å². The summed E-state index contributed by atoms with van der Waals surface area (Å²) in [5, 5.41) is 13.6. The van der Waals surface area contributed by atoms with Crippen molar-refractivity contribution >= 4 is 34.1 Å². The van der Waals surface area contributed by atoms with Gasteiger partial charge in [0, 0.05) is 20.8 Å². The monoisotopic (exact) mass is 454 g/mol. The number of ether oxygens (including phenoxy) is 2. The van der Waals surface area contributed by atoms with E-state index in [2.05, 4.69) is 4.98 Å². The van der Waals surface area contributed by atoms with Crippen molar-refractivity contribution in [2.24, 2.45) is 0 Å². The van der Waals surface area contributed by atoms with Crippen LogP contribution in [0, 0.1) is 10.1 Å². The van der Waals surface area contributed by atoms with Crippen LogP contribution in [0.1, 0.15) is 17.0 Å². The van der Waals surface area contributed by atoms with Crippen LogP contribution in [0.5, 0.6) is 11.5 Å². The number of hydrogen-bond donors (Lipinski definition) is 1. The lowest BCUT2D eigenvalue weighted by atomic mass is 9.87. The number of halogens is 2. The van der Waals surface area contributed by atoms with Crippen molar-refractivity contribution in [2.75, 3.05) is 13.3 Å². The van der Waals surface area contributed by atoms with E-state index in [1.165, 1.54) is 0 Å². The summed E-state index contributed by atoms with van der Waals surface area (Å²) in [5.74, 6) is 0.384. The number of nitrogens with one attached hydrogen (secondary N) is 1. The summed E-state index contributed by atoms with van der Waals surface area (Å²) in [7, 11) is 0. The van der Waals surface area contributed by atoms with E-state index in [0.29, 0.717) is 27.1 Å². The third-order valence-corrected chi connectivity index (χ3v) is 5.94. The van der Waals surface area contributed by atoms with Gasteiger partial charge in [0.15, 0.2) is 11.5 Å². The number of benzene rings is 3. The van der Waals surface area contributed by atoms with Gasteiger partial charge in [0.2, 0.25) is 13.3 Å². The van der Waals surface area contributed by atoms with E-state index in [9.17, 15) is 10.1 Å². The molecule has 6 nitrogen and oxygen atoms in total. The molecule has 1 atom stereocenters. The van der Waals surface area contributed by atoms with Gasteiger partial charge < -0.3 is 14.5 Å². The molecule has 0 saturated carbocycles. The third-order valence-electron chi connectivity index (χ3n) is 5.41. The van der Waals surface area contributed by atoms with Crippen molar-refractivity contribution in [1.29, 1.82) is 0 Å². The van der Waals surface area contributed by atoms with Crippen molar-refractivity contribution in [3.05, 3.63) is 92.0 Å². The van der Waals surface area contributed by atoms with E-state index >= 15 is 0 Å². The number of nitrogens with zero attached hydrogens (tertiary/aromatic N) is 1. The predicted molar refractivity (Wildman–Crippen MR) is 120 cm³/mol. The van der Waals surface area contributed by atoms with Gasteiger partial charge in [0.1, 0.15) is 0 Å². The first-order chi connectivity index (χ1) is 15.0. The maximum Gasteiger partial charge on any atom is 0.231 e. The predicted octanol–water partition coefficient (Wildman–Crippen LogP) is 6.28. The lowest BCUT2D eigenvalue weighted by Gasteiger charge is -2.17. The van der Waals surface area contributed by atoms with E-state index in [0.717, 1.165) is 27.7 Å². The molecule has 0 radical (unpaired) electrons. The van der Waals surface area contributed by atoms with Crippen molar-refractivity contribution in [1.82, 2.24) is 4.98 Å². The Bertz CT molecular complexity index is 1300. The highest BCUT2D eigenvalue weighted by Gasteiger charge is 2.30. The lowest BCUT2D eigenvalue weighted by molar-refractivity contribution is -0.481. The van der Waals surface area contributed by atoms with Gasteiger partial charge in [0.25, 0.3) is 0 Å². The average Bonchev–Trinajstić information content (AvgIpc) is 3.37. The fourth-order valence-corrected chi connectivity index (χ4v) is 4.47. The zero-order valence-electron chi connectivity index (χ0n) is 16.1. The van der Waals surface area contributed by atoms with Crippen molar-refractivity contribution in [3.63, 3.8) is 0 Å². The average molecular weight is 455 g/mol. The standard InChI is InChI=1S/C23H16Cl2N2O4/c24-15-7-5-13(6-8-15)22-21(16-3-1-2-4-19(16)26-22)17(11-27(28)29)14-9-18(25)23-20(10-14)30-12-31-23/h1-10,17,26H,11-12H2. The van der Waals surface area contributed by atoms with Crippen LogP contribution in [0.2, 0.25) is 10.0 Å². The fraction of sp³-hybridized carbons (Fsp3) is 0.130. The summed E-state index contributed by atoms with van der Waals surface area (Å²) in [4.78, 5) is 14.8. The van der Waals surface area contributed by atoms with E-state index in [1.807, 2.05) is 36.4 Å². The van der Waals surface area contributed by atoms with Gasteiger partial charge in [-0.05, 0) is 47.0 Å². The molecule has 8 heteroatoms. The summed E-state index contributed by atoms with van der Waals surface area (Å²) < 4.78 is 10.9. The second-order valence-corrected chi connectivity index (χ2v) is 8.11. The molecule has 1 aliphatic rings. The lowest BCUT2D eigenvalue weighted by Crippen LogP contribution is -2.14. The van der Waals surface area contributed by atoms with Crippen LogP contribution in [0.25, 0.3) is 22.2 Å².